The van der Waals surface area contributed by atoms with E-state index in [1.165, 1.54) is 12.8 Å². The monoisotopic (exact) mass is 488 g/mol. The summed E-state index contributed by atoms with van der Waals surface area (Å²) in [6.45, 7) is 13.4. The molecule has 0 aromatic carbocycles. The number of aliphatic hydroxyl groups is 1. The lowest BCUT2D eigenvalue weighted by Gasteiger charge is -2.65. The molecule has 0 aromatic heterocycles. The zero-order valence-electron chi connectivity index (χ0n) is 22.8. The van der Waals surface area contributed by atoms with Gasteiger partial charge in [0.05, 0.1) is 0 Å². The van der Waals surface area contributed by atoms with Crippen molar-refractivity contribution in [3.8, 4) is 0 Å². The van der Waals surface area contributed by atoms with Crippen LogP contribution in [0, 0.1) is 39.9 Å². The van der Waals surface area contributed by atoms with Gasteiger partial charge in [0.2, 0.25) is 0 Å². The summed E-state index contributed by atoms with van der Waals surface area (Å²) in [7, 11) is 0. The fourth-order valence-electron chi connectivity index (χ4n) is 9.04. The Morgan fingerprint density at radius 1 is 1.03 bits per heavy atom. The Labute approximate surface area is 212 Å². The van der Waals surface area contributed by atoms with Crippen LogP contribution in [0.3, 0.4) is 0 Å². The molecule has 198 valence electrons. The van der Waals surface area contributed by atoms with Gasteiger partial charge >= 0.3 is 11.9 Å². The third-order valence-electron chi connectivity index (χ3n) is 11.3. The number of aliphatic carboxylic acids is 2. The Bertz CT molecular complexity index is 887. The molecule has 7 atom stereocenters. The number of rotatable bonds is 9. The summed E-state index contributed by atoms with van der Waals surface area (Å²) in [5.74, 6) is 0.321. The Balaban J connectivity index is 1.88. The molecule has 3 aliphatic carbocycles. The van der Waals surface area contributed by atoms with Crippen molar-refractivity contribution in [2.45, 2.75) is 106 Å². The van der Waals surface area contributed by atoms with Gasteiger partial charge in [0.25, 0.3) is 0 Å². The van der Waals surface area contributed by atoms with Crippen molar-refractivity contribution in [2.24, 2.45) is 39.9 Å². The van der Waals surface area contributed by atoms with E-state index in [1.54, 1.807) is 13.8 Å². The van der Waals surface area contributed by atoms with Crippen LogP contribution in [0.15, 0.2) is 22.8 Å². The number of hydrogen-bond acceptors (Lipinski definition) is 3. The van der Waals surface area contributed by atoms with Gasteiger partial charge in [-0.05, 0) is 118 Å². The van der Waals surface area contributed by atoms with Gasteiger partial charge in [-0.1, -0.05) is 39.3 Å². The highest BCUT2D eigenvalue weighted by molar-refractivity contribution is 5.87. The lowest BCUT2D eigenvalue weighted by atomic mass is 9.40. The SMILES string of the molecule is CC(=CCCC(C)C1CCC2(C)C3CCC(=C(C)C(=O)O)C(CCCO)C3(C)CCC12C)C(=O)O. The number of carboxylic acids is 2. The van der Waals surface area contributed by atoms with Crippen molar-refractivity contribution in [3.63, 3.8) is 0 Å². The van der Waals surface area contributed by atoms with Crippen LogP contribution >= 0.6 is 0 Å². The van der Waals surface area contributed by atoms with Crippen LogP contribution in [0.4, 0.5) is 0 Å². The van der Waals surface area contributed by atoms with Crippen molar-refractivity contribution in [2.75, 3.05) is 6.61 Å². The molecule has 0 heterocycles. The molecule has 5 heteroatoms. The van der Waals surface area contributed by atoms with E-state index in [-0.39, 0.29) is 28.8 Å². The fraction of sp³-hybridized carbons (Fsp3) is 0.800. The molecule has 5 nitrogen and oxygen atoms in total. The minimum absolute atomic E-state index is 0.0627. The van der Waals surface area contributed by atoms with Crippen molar-refractivity contribution in [1.29, 1.82) is 0 Å². The summed E-state index contributed by atoms with van der Waals surface area (Å²) < 4.78 is 0. The van der Waals surface area contributed by atoms with E-state index in [9.17, 15) is 19.8 Å². The molecule has 0 bridgehead atoms. The summed E-state index contributed by atoms with van der Waals surface area (Å²) in [5, 5.41) is 28.6. The van der Waals surface area contributed by atoms with Crippen molar-refractivity contribution < 1.29 is 24.9 Å². The second-order valence-corrected chi connectivity index (χ2v) is 12.7. The molecular weight excluding hydrogens is 440 g/mol. The van der Waals surface area contributed by atoms with Gasteiger partial charge < -0.3 is 15.3 Å². The predicted octanol–water partition coefficient (Wildman–Crippen LogP) is 6.86. The minimum atomic E-state index is -0.829. The molecule has 0 saturated heterocycles. The predicted molar refractivity (Wildman–Crippen MR) is 139 cm³/mol. The van der Waals surface area contributed by atoms with Crippen LogP contribution in [0.5, 0.6) is 0 Å². The first kappa shape index (κ1) is 28.0. The third-order valence-corrected chi connectivity index (χ3v) is 11.3. The van der Waals surface area contributed by atoms with E-state index >= 15 is 0 Å². The topological polar surface area (TPSA) is 94.8 Å². The molecule has 3 N–H and O–H groups in total. The summed E-state index contributed by atoms with van der Waals surface area (Å²) >= 11 is 0. The molecule has 0 aliphatic heterocycles. The first-order valence-electron chi connectivity index (χ1n) is 13.8. The van der Waals surface area contributed by atoms with Crippen LogP contribution in [0.1, 0.15) is 106 Å². The highest BCUT2D eigenvalue weighted by Gasteiger charge is 2.66. The van der Waals surface area contributed by atoms with E-state index in [0.29, 0.717) is 28.9 Å². The normalized spacial score (nSPS) is 39.5. The van der Waals surface area contributed by atoms with Crippen LogP contribution in [-0.2, 0) is 9.59 Å². The smallest absolute Gasteiger partial charge is 0.331 e. The lowest BCUT2D eigenvalue weighted by Crippen LogP contribution is -2.57. The Morgan fingerprint density at radius 2 is 1.71 bits per heavy atom. The molecule has 0 amide bonds. The Morgan fingerprint density at radius 3 is 2.31 bits per heavy atom. The highest BCUT2D eigenvalue weighted by Crippen LogP contribution is 2.74. The first-order chi connectivity index (χ1) is 16.3. The molecule has 3 fully saturated rings. The first-order valence-corrected chi connectivity index (χ1v) is 13.8. The van der Waals surface area contributed by atoms with Crippen LogP contribution in [0.2, 0.25) is 0 Å². The zero-order valence-corrected chi connectivity index (χ0v) is 22.8. The number of carbonyl (C=O) groups is 2. The van der Waals surface area contributed by atoms with Crippen molar-refractivity contribution >= 4 is 11.9 Å². The lowest BCUT2D eigenvalue weighted by molar-refractivity contribution is -0.145. The molecule has 3 rings (SSSR count). The third kappa shape index (κ3) is 4.74. The molecule has 0 spiro atoms. The zero-order chi connectivity index (χ0) is 26.2. The van der Waals surface area contributed by atoms with Crippen LogP contribution < -0.4 is 0 Å². The number of aliphatic hydroxyl groups excluding tert-OH is 1. The maximum Gasteiger partial charge on any atom is 0.331 e. The second-order valence-electron chi connectivity index (χ2n) is 12.7. The van der Waals surface area contributed by atoms with Gasteiger partial charge in [0.15, 0.2) is 0 Å². The van der Waals surface area contributed by atoms with Gasteiger partial charge in [-0.25, -0.2) is 9.59 Å². The molecule has 7 unspecified atom stereocenters. The molecule has 3 saturated carbocycles. The molecule has 0 aromatic rings. The van der Waals surface area contributed by atoms with Crippen molar-refractivity contribution in [1.82, 2.24) is 0 Å². The maximum atomic E-state index is 11.9. The van der Waals surface area contributed by atoms with E-state index in [0.717, 1.165) is 56.9 Å². The fourth-order valence-corrected chi connectivity index (χ4v) is 9.04. The van der Waals surface area contributed by atoms with Gasteiger partial charge in [0.1, 0.15) is 0 Å². The van der Waals surface area contributed by atoms with E-state index in [4.69, 9.17) is 5.11 Å². The van der Waals surface area contributed by atoms with Gasteiger partial charge in [-0.2, -0.15) is 0 Å². The summed E-state index contributed by atoms with van der Waals surface area (Å²) in [4.78, 5) is 23.1. The van der Waals surface area contributed by atoms with Gasteiger partial charge in [0, 0.05) is 17.8 Å². The van der Waals surface area contributed by atoms with E-state index < -0.39 is 11.9 Å². The maximum absolute atomic E-state index is 11.9. The Kier molecular flexibility index (Phi) is 8.30. The average molecular weight is 489 g/mol. The van der Waals surface area contributed by atoms with Gasteiger partial charge in [-0.3, -0.25) is 0 Å². The quantitative estimate of drug-likeness (QED) is 0.308. The van der Waals surface area contributed by atoms with Gasteiger partial charge in [-0.15, -0.1) is 0 Å². The molecular formula is C30H48O5. The highest BCUT2D eigenvalue weighted by atomic mass is 16.4. The van der Waals surface area contributed by atoms with Crippen LogP contribution in [0.25, 0.3) is 0 Å². The molecule has 35 heavy (non-hydrogen) atoms. The van der Waals surface area contributed by atoms with E-state index in [1.807, 2.05) is 6.08 Å². The average Bonchev–Trinajstić information content (AvgIpc) is 3.08. The summed E-state index contributed by atoms with van der Waals surface area (Å²) in [6, 6.07) is 0. The molecule has 3 aliphatic rings. The van der Waals surface area contributed by atoms with Crippen LogP contribution in [-0.4, -0.2) is 33.9 Å². The second kappa shape index (κ2) is 10.4. The summed E-state index contributed by atoms with van der Waals surface area (Å²) in [6.07, 6.45) is 11.9. The Hall–Kier alpha value is -1.62. The number of carboxylic acid groups (broad SMARTS) is 2. The number of hydrogen-bond donors (Lipinski definition) is 3. The standard InChI is InChI=1S/C30H48O5/c1-19(9-7-10-20(2)26(32)33)23-14-15-30(6)25-13-12-22(21(3)27(34)35)24(11-8-18-31)28(25,4)16-17-29(23,30)5/h10,19,23-25,31H,7-9,11-18H2,1-6H3,(H,32,33)(H,34,35). The summed E-state index contributed by atoms with van der Waals surface area (Å²) in [5.41, 5.74) is 2.60. The molecule has 0 radical (unpaired) electrons. The van der Waals surface area contributed by atoms with Crippen molar-refractivity contribution in [3.05, 3.63) is 22.8 Å². The number of fused-ring (bicyclic) bond motifs is 3. The van der Waals surface area contributed by atoms with E-state index in [2.05, 4.69) is 27.7 Å². The largest absolute Gasteiger partial charge is 0.478 e. The minimum Gasteiger partial charge on any atom is -0.478 e. The number of allylic oxidation sites excluding steroid dienone is 2.